The average Bonchev–Trinajstić information content (AvgIpc) is 2.46. The van der Waals surface area contributed by atoms with E-state index in [0.717, 1.165) is 0 Å². The molecule has 0 fully saturated rings. The normalized spacial score (nSPS) is 12.8. The minimum absolute atomic E-state index is 0.0842. The molecule has 1 aromatic carbocycles. The summed E-state index contributed by atoms with van der Waals surface area (Å²) in [5.41, 5.74) is 0.419. The highest BCUT2D eigenvalue weighted by atomic mass is 32.2. The number of rotatable bonds is 8. The zero-order chi connectivity index (χ0) is 15.0. The molecule has 1 rings (SSSR count). The summed E-state index contributed by atoms with van der Waals surface area (Å²) >= 11 is 0. The Morgan fingerprint density at radius 3 is 2.55 bits per heavy atom. The zero-order valence-corrected chi connectivity index (χ0v) is 12.1. The Labute approximate surface area is 118 Å². The lowest BCUT2D eigenvalue weighted by Gasteiger charge is -2.15. The summed E-state index contributed by atoms with van der Waals surface area (Å²) in [5, 5.41) is 20.6. The first-order chi connectivity index (χ1) is 9.53. The van der Waals surface area contributed by atoms with Crippen LogP contribution in [0.15, 0.2) is 29.2 Å². The SMILES string of the molecule is COCC(CO)NCCS(=O)(=O)c1ccc(C#N)cc1. The number of methoxy groups -OCH3 is 1. The molecule has 1 atom stereocenters. The predicted molar refractivity (Wildman–Crippen MR) is 74.0 cm³/mol. The standard InChI is InChI=1S/C13H18N2O4S/c1-19-10-12(9-16)15-6-7-20(17,18)13-4-2-11(8-14)3-5-13/h2-5,12,15-16H,6-7,9-10H2,1H3. The van der Waals surface area contributed by atoms with Crippen LogP contribution in [-0.4, -0.2) is 52.2 Å². The smallest absolute Gasteiger partial charge is 0.179 e. The molecule has 0 saturated carbocycles. The highest BCUT2D eigenvalue weighted by Gasteiger charge is 2.15. The van der Waals surface area contributed by atoms with Crippen LogP contribution in [0.25, 0.3) is 0 Å². The van der Waals surface area contributed by atoms with Crippen LogP contribution < -0.4 is 5.32 Å². The van der Waals surface area contributed by atoms with Crippen LogP contribution in [-0.2, 0) is 14.6 Å². The topological polar surface area (TPSA) is 99.4 Å². The van der Waals surface area contributed by atoms with Gasteiger partial charge in [-0.25, -0.2) is 8.42 Å². The third-order valence-corrected chi connectivity index (χ3v) is 4.47. The molecule has 1 unspecified atom stereocenters. The number of nitriles is 1. The monoisotopic (exact) mass is 298 g/mol. The molecule has 0 amide bonds. The molecular weight excluding hydrogens is 280 g/mol. The van der Waals surface area contributed by atoms with Gasteiger partial charge in [0.15, 0.2) is 9.84 Å². The van der Waals surface area contributed by atoms with E-state index in [1.165, 1.54) is 31.4 Å². The number of nitrogens with one attached hydrogen (secondary N) is 1. The number of aliphatic hydroxyl groups is 1. The highest BCUT2D eigenvalue weighted by molar-refractivity contribution is 7.91. The van der Waals surface area contributed by atoms with Crippen LogP contribution in [0.1, 0.15) is 5.56 Å². The molecule has 0 radical (unpaired) electrons. The third-order valence-electron chi connectivity index (χ3n) is 2.73. The minimum atomic E-state index is -3.40. The van der Waals surface area contributed by atoms with Gasteiger partial charge >= 0.3 is 0 Å². The van der Waals surface area contributed by atoms with Crippen molar-refractivity contribution >= 4 is 9.84 Å². The van der Waals surface area contributed by atoms with Gasteiger partial charge in [-0.15, -0.1) is 0 Å². The Balaban J connectivity index is 2.59. The fourth-order valence-corrected chi connectivity index (χ4v) is 2.80. The number of hydrogen-bond acceptors (Lipinski definition) is 6. The first kappa shape index (κ1) is 16.6. The van der Waals surface area contributed by atoms with E-state index in [2.05, 4.69) is 5.32 Å². The van der Waals surface area contributed by atoms with Crippen LogP contribution in [0.4, 0.5) is 0 Å². The summed E-state index contributed by atoms with van der Waals surface area (Å²) in [7, 11) is -1.89. The average molecular weight is 298 g/mol. The van der Waals surface area contributed by atoms with E-state index in [4.69, 9.17) is 15.1 Å². The number of nitrogens with zero attached hydrogens (tertiary/aromatic N) is 1. The Kier molecular flexibility index (Phi) is 6.61. The van der Waals surface area contributed by atoms with Gasteiger partial charge in [-0.05, 0) is 24.3 Å². The van der Waals surface area contributed by atoms with E-state index >= 15 is 0 Å². The van der Waals surface area contributed by atoms with E-state index in [0.29, 0.717) is 12.2 Å². The molecule has 7 heteroatoms. The van der Waals surface area contributed by atoms with Gasteiger partial charge in [0, 0.05) is 13.7 Å². The largest absolute Gasteiger partial charge is 0.395 e. The second kappa shape index (κ2) is 7.97. The van der Waals surface area contributed by atoms with E-state index in [-0.39, 0.29) is 29.8 Å². The van der Waals surface area contributed by atoms with Crippen molar-refractivity contribution < 1.29 is 18.3 Å². The van der Waals surface area contributed by atoms with Gasteiger partial charge in [0.2, 0.25) is 0 Å². The van der Waals surface area contributed by atoms with Crippen molar-refractivity contribution in [2.24, 2.45) is 0 Å². The van der Waals surface area contributed by atoms with Gasteiger partial charge in [0.25, 0.3) is 0 Å². The lowest BCUT2D eigenvalue weighted by atomic mass is 10.2. The van der Waals surface area contributed by atoms with E-state index in [9.17, 15) is 8.42 Å². The molecule has 6 nitrogen and oxygen atoms in total. The molecule has 0 aromatic heterocycles. The molecule has 0 heterocycles. The summed E-state index contributed by atoms with van der Waals surface area (Å²) in [4.78, 5) is 0.186. The van der Waals surface area contributed by atoms with Crippen molar-refractivity contribution in [2.45, 2.75) is 10.9 Å². The predicted octanol–water partition coefficient (Wildman–Crippen LogP) is -0.0711. The van der Waals surface area contributed by atoms with Gasteiger partial charge in [-0.3, -0.25) is 0 Å². The first-order valence-electron chi connectivity index (χ1n) is 6.09. The van der Waals surface area contributed by atoms with Gasteiger partial charge < -0.3 is 15.2 Å². The number of benzene rings is 1. The van der Waals surface area contributed by atoms with E-state index < -0.39 is 9.84 Å². The maximum Gasteiger partial charge on any atom is 0.179 e. The van der Waals surface area contributed by atoms with Crippen molar-refractivity contribution in [3.05, 3.63) is 29.8 Å². The van der Waals surface area contributed by atoms with Crippen molar-refractivity contribution in [1.82, 2.24) is 5.32 Å². The lowest BCUT2D eigenvalue weighted by Crippen LogP contribution is -2.39. The number of sulfone groups is 1. The van der Waals surface area contributed by atoms with Gasteiger partial charge in [0.1, 0.15) is 0 Å². The Hall–Kier alpha value is -1.46. The maximum absolute atomic E-state index is 12.0. The molecule has 110 valence electrons. The molecule has 0 saturated heterocycles. The van der Waals surface area contributed by atoms with Gasteiger partial charge in [-0.2, -0.15) is 5.26 Å². The quantitative estimate of drug-likeness (QED) is 0.697. The zero-order valence-electron chi connectivity index (χ0n) is 11.2. The van der Waals surface area contributed by atoms with Gasteiger partial charge in [-0.1, -0.05) is 0 Å². The second-order valence-corrected chi connectivity index (χ2v) is 6.35. The minimum Gasteiger partial charge on any atom is -0.395 e. The fraction of sp³-hybridized carbons (Fsp3) is 0.462. The summed E-state index contributed by atoms with van der Waals surface area (Å²) < 4.78 is 29.0. The Morgan fingerprint density at radius 1 is 1.40 bits per heavy atom. The molecule has 0 aliphatic heterocycles. The second-order valence-electron chi connectivity index (χ2n) is 4.24. The first-order valence-corrected chi connectivity index (χ1v) is 7.75. The molecule has 0 spiro atoms. The summed E-state index contributed by atoms with van der Waals surface area (Å²) in [6.07, 6.45) is 0. The highest BCUT2D eigenvalue weighted by Crippen LogP contribution is 2.11. The number of ether oxygens (including phenoxy) is 1. The van der Waals surface area contributed by atoms with Crippen molar-refractivity contribution in [3.8, 4) is 6.07 Å². The fourth-order valence-electron chi connectivity index (χ4n) is 1.63. The molecule has 0 bridgehead atoms. The summed E-state index contributed by atoms with van der Waals surface area (Å²) in [5.74, 6) is -0.0842. The molecule has 1 aromatic rings. The molecule has 2 N–H and O–H groups in total. The lowest BCUT2D eigenvalue weighted by molar-refractivity contribution is 0.130. The maximum atomic E-state index is 12.0. The van der Waals surface area contributed by atoms with Crippen LogP contribution in [0.5, 0.6) is 0 Å². The molecule has 0 aliphatic carbocycles. The third kappa shape index (κ3) is 4.90. The van der Waals surface area contributed by atoms with Crippen LogP contribution in [0.3, 0.4) is 0 Å². The Morgan fingerprint density at radius 2 is 2.05 bits per heavy atom. The Bertz CT molecular complexity index is 549. The summed E-state index contributed by atoms with van der Waals surface area (Å²) in [6, 6.07) is 7.45. The van der Waals surface area contributed by atoms with Crippen molar-refractivity contribution in [1.29, 1.82) is 5.26 Å². The van der Waals surface area contributed by atoms with Crippen molar-refractivity contribution in [2.75, 3.05) is 32.6 Å². The van der Waals surface area contributed by atoms with Crippen molar-refractivity contribution in [3.63, 3.8) is 0 Å². The molecular formula is C13H18N2O4S. The van der Waals surface area contributed by atoms with Crippen LogP contribution in [0, 0.1) is 11.3 Å². The molecule has 20 heavy (non-hydrogen) atoms. The van der Waals surface area contributed by atoms with Crippen LogP contribution >= 0.6 is 0 Å². The number of hydrogen-bond donors (Lipinski definition) is 2. The van der Waals surface area contributed by atoms with E-state index in [1.807, 2.05) is 6.07 Å². The summed E-state index contributed by atoms with van der Waals surface area (Å²) in [6.45, 7) is 0.412. The molecule has 0 aliphatic rings. The van der Waals surface area contributed by atoms with E-state index in [1.54, 1.807) is 0 Å². The van der Waals surface area contributed by atoms with Crippen LogP contribution in [0.2, 0.25) is 0 Å². The van der Waals surface area contributed by atoms with Gasteiger partial charge in [0.05, 0.1) is 41.5 Å². The number of aliphatic hydroxyl groups excluding tert-OH is 1.